The van der Waals surface area contributed by atoms with Crippen molar-refractivity contribution in [3.05, 3.63) is 29.7 Å². The maximum absolute atomic E-state index is 6.94. The van der Waals surface area contributed by atoms with E-state index in [1.165, 1.54) is 12.8 Å². The molecule has 1 aliphatic carbocycles. The summed E-state index contributed by atoms with van der Waals surface area (Å²) >= 11 is 1.77. The van der Waals surface area contributed by atoms with Crippen molar-refractivity contribution >= 4 is 17.6 Å². The Bertz CT molecular complexity index is 339. The van der Waals surface area contributed by atoms with E-state index in [0.29, 0.717) is 5.82 Å². The van der Waals surface area contributed by atoms with E-state index in [1.807, 2.05) is 12.1 Å². The van der Waals surface area contributed by atoms with Gasteiger partial charge in [0.1, 0.15) is 6.20 Å². The van der Waals surface area contributed by atoms with Crippen molar-refractivity contribution in [3.63, 3.8) is 0 Å². The fraction of sp³-hybridized carbons (Fsp3) is 0.400. The molecule has 0 aliphatic heterocycles. The minimum atomic E-state index is 0.549. The summed E-state index contributed by atoms with van der Waals surface area (Å²) < 4.78 is 0. The van der Waals surface area contributed by atoms with Crippen LogP contribution in [0.4, 0.5) is 5.82 Å². The molecule has 3 heteroatoms. The Morgan fingerprint density at radius 2 is 2.46 bits per heavy atom. The molecule has 1 aliphatic rings. The highest BCUT2D eigenvalue weighted by molar-refractivity contribution is 7.99. The van der Waals surface area contributed by atoms with Gasteiger partial charge in [-0.25, -0.2) is 0 Å². The fourth-order valence-corrected chi connectivity index (χ4v) is 2.22. The Hall–Kier alpha value is -1.01. The summed E-state index contributed by atoms with van der Waals surface area (Å²) in [7, 11) is 0. The van der Waals surface area contributed by atoms with E-state index in [2.05, 4.69) is 9.83 Å². The number of nitrogens with zero attached hydrogens (tertiary/aromatic N) is 2. The van der Waals surface area contributed by atoms with Crippen molar-refractivity contribution in [3.8, 4) is 0 Å². The van der Waals surface area contributed by atoms with Gasteiger partial charge in [-0.1, -0.05) is 12.6 Å². The molecule has 0 unspecified atom stereocenters. The van der Waals surface area contributed by atoms with Crippen molar-refractivity contribution in [1.82, 2.24) is 4.98 Å². The van der Waals surface area contributed by atoms with Gasteiger partial charge in [0.25, 0.3) is 5.82 Å². The number of hydrogen-bond acceptors (Lipinski definition) is 2. The molecule has 1 saturated carbocycles. The molecule has 0 bridgehead atoms. The van der Waals surface area contributed by atoms with Crippen LogP contribution < -0.4 is 0 Å². The minimum absolute atomic E-state index is 0.549. The number of aromatic nitrogens is 1. The van der Waals surface area contributed by atoms with Gasteiger partial charge < -0.3 is 4.85 Å². The molecule has 1 aromatic rings. The topological polar surface area (TPSA) is 17.2 Å². The zero-order chi connectivity index (χ0) is 9.10. The summed E-state index contributed by atoms with van der Waals surface area (Å²) in [5.74, 6) is 2.59. The standard InChI is InChI=1S/C10H10N2S/c1-11-10-9(3-2-6-12-10)13-7-8-4-5-8/h2-3,6,8H,4-5,7H2. The summed E-state index contributed by atoms with van der Waals surface area (Å²) in [4.78, 5) is 8.44. The van der Waals surface area contributed by atoms with Crippen LogP contribution >= 0.6 is 11.8 Å². The SMILES string of the molecule is [C-]#[N+]c1ncccc1SCC1CC1. The zero-order valence-electron chi connectivity index (χ0n) is 7.23. The first-order valence-corrected chi connectivity index (χ1v) is 5.34. The summed E-state index contributed by atoms with van der Waals surface area (Å²) in [6, 6.07) is 3.87. The number of rotatable bonds is 3. The third-order valence-electron chi connectivity index (χ3n) is 2.03. The summed E-state index contributed by atoms with van der Waals surface area (Å²) in [6.07, 6.45) is 4.40. The lowest BCUT2D eigenvalue weighted by Gasteiger charge is -2.00. The highest BCUT2D eigenvalue weighted by Gasteiger charge is 2.21. The molecule has 2 rings (SSSR count). The predicted molar refractivity (Wildman–Crippen MR) is 53.9 cm³/mol. The van der Waals surface area contributed by atoms with Crippen LogP contribution in [0.25, 0.3) is 4.85 Å². The summed E-state index contributed by atoms with van der Waals surface area (Å²) in [6.45, 7) is 6.94. The third kappa shape index (κ3) is 2.22. The third-order valence-corrected chi connectivity index (χ3v) is 3.30. The normalized spacial score (nSPS) is 15.3. The Labute approximate surface area is 82.2 Å². The van der Waals surface area contributed by atoms with E-state index < -0.39 is 0 Å². The summed E-state index contributed by atoms with van der Waals surface area (Å²) in [5.41, 5.74) is 0. The highest BCUT2D eigenvalue weighted by Crippen LogP contribution is 2.37. The Morgan fingerprint density at radius 1 is 1.62 bits per heavy atom. The quantitative estimate of drug-likeness (QED) is 0.538. The molecule has 1 heterocycles. The van der Waals surface area contributed by atoms with Gasteiger partial charge in [0.15, 0.2) is 0 Å². The molecule has 1 aromatic heterocycles. The van der Waals surface area contributed by atoms with Gasteiger partial charge in [-0.05, 0) is 30.6 Å². The molecule has 0 radical (unpaired) electrons. The largest absolute Gasteiger partial charge is 0.360 e. The zero-order valence-corrected chi connectivity index (χ0v) is 8.05. The van der Waals surface area contributed by atoms with E-state index in [0.717, 1.165) is 16.6 Å². The molecule has 0 atom stereocenters. The van der Waals surface area contributed by atoms with Crippen LogP contribution in [-0.2, 0) is 0 Å². The number of pyridine rings is 1. The van der Waals surface area contributed by atoms with Crippen molar-refractivity contribution < 1.29 is 0 Å². The van der Waals surface area contributed by atoms with Crippen LogP contribution in [0.1, 0.15) is 12.8 Å². The molecule has 0 N–H and O–H groups in total. The van der Waals surface area contributed by atoms with E-state index in [1.54, 1.807) is 18.0 Å². The molecular weight excluding hydrogens is 180 g/mol. The lowest BCUT2D eigenvalue weighted by atomic mass is 10.5. The smallest absolute Gasteiger partial charge is 0.283 e. The van der Waals surface area contributed by atoms with Crippen LogP contribution in [0.3, 0.4) is 0 Å². The first kappa shape index (κ1) is 8.58. The van der Waals surface area contributed by atoms with E-state index in [4.69, 9.17) is 6.57 Å². The molecule has 0 spiro atoms. The fourth-order valence-electron chi connectivity index (χ4n) is 1.07. The molecule has 0 amide bonds. The lowest BCUT2D eigenvalue weighted by Crippen LogP contribution is -1.82. The van der Waals surface area contributed by atoms with E-state index >= 15 is 0 Å². The van der Waals surface area contributed by atoms with Crippen LogP contribution in [0.2, 0.25) is 0 Å². The van der Waals surface area contributed by atoms with Gasteiger partial charge in [-0.15, -0.1) is 16.7 Å². The van der Waals surface area contributed by atoms with Crippen molar-refractivity contribution in [1.29, 1.82) is 0 Å². The number of thioether (sulfide) groups is 1. The molecule has 1 fully saturated rings. The van der Waals surface area contributed by atoms with Crippen molar-refractivity contribution in [2.24, 2.45) is 5.92 Å². The molecule has 0 aromatic carbocycles. The monoisotopic (exact) mass is 190 g/mol. The van der Waals surface area contributed by atoms with Gasteiger partial charge in [0.05, 0.1) is 0 Å². The molecule has 66 valence electrons. The van der Waals surface area contributed by atoms with Crippen LogP contribution in [0.15, 0.2) is 23.2 Å². The summed E-state index contributed by atoms with van der Waals surface area (Å²) in [5, 5.41) is 0. The van der Waals surface area contributed by atoms with Crippen molar-refractivity contribution in [2.75, 3.05) is 5.75 Å². The molecular formula is C10H10N2S. The van der Waals surface area contributed by atoms with E-state index in [9.17, 15) is 0 Å². The van der Waals surface area contributed by atoms with Crippen LogP contribution in [0.5, 0.6) is 0 Å². The van der Waals surface area contributed by atoms with Gasteiger partial charge >= 0.3 is 0 Å². The molecule has 2 nitrogen and oxygen atoms in total. The Kier molecular flexibility index (Phi) is 2.51. The number of hydrogen-bond donors (Lipinski definition) is 0. The van der Waals surface area contributed by atoms with Gasteiger partial charge in [0.2, 0.25) is 0 Å². The second-order valence-electron chi connectivity index (χ2n) is 3.19. The average Bonchev–Trinajstić information content (AvgIpc) is 2.99. The van der Waals surface area contributed by atoms with Gasteiger partial charge in [-0.2, -0.15) is 0 Å². The van der Waals surface area contributed by atoms with Crippen molar-refractivity contribution in [2.45, 2.75) is 17.7 Å². The minimum Gasteiger partial charge on any atom is -0.360 e. The van der Waals surface area contributed by atoms with Gasteiger partial charge in [-0.3, -0.25) is 0 Å². The first-order valence-electron chi connectivity index (χ1n) is 4.35. The van der Waals surface area contributed by atoms with E-state index in [-0.39, 0.29) is 0 Å². The average molecular weight is 190 g/mol. The Morgan fingerprint density at radius 3 is 3.15 bits per heavy atom. The van der Waals surface area contributed by atoms with Crippen LogP contribution in [0, 0.1) is 12.5 Å². The first-order chi connectivity index (χ1) is 6.40. The second kappa shape index (κ2) is 3.80. The second-order valence-corrected chi connectivity index (χ2v) is 4.25. The molecule has 0 saturated heterocycles. The lowest BCUT2D eigenvalue weighted by molar-refractivity contribution is 0.999. The highest BCUT2D eigenvalue weighted by atomic mass is 32.2. The Balaban J connectivity index is 2.05. The van der Waals surface area contributed by atoms with Gasteiger partial charge in [0, 0.05) is 4.90 Å². The maximum atomic E-state index is 6.94. The predicted octanol–water partition coefficient (Wildman–Crippen LogP) is 3.13. The van der Waals surface area contributed by atoms with Crippen LogP contribution in [-0.4, -0.2) is 10.7 Å². The maximum Gasteiger partial charge on any atom is 0.283 e. The molecule has 13 heavy (non-hydrogen) atoms.